The molecule has 0 bridgehead atoms. The van der Waals surface area contributed by atoms with E-state index in [9.17, 15) is 9.59 Å². The smallest absolute Gasteiger partial charge is 0.283 e. The number of hydrogen-bond donors (Lipinski definition) is 1. The number of carbonyl (C=O) groups excluding carboxylic acids is 2. The number of rotatable bonds is 5. The highest BCUT2D eigenvalue weighted by atomic mass is 32.2. The molecule has 0 spiro atoms. The van der Waals surface area contributed by atoms with Crippen LogP contribution in [0.1, 0.15) is 16.7 Å². The van der Waals surface area contributed by atoms with Gasteiger partial charge in [0.25, 0.3) is 5.91 Å². The molecule has 176 valence electrons. The summed E-state index contributed by atoms with van der Waals surface area (Å²) in [6.07, 6.45) is 1.71. The lowest BCUT2D eigenvalue weighted by Crippen LogP contribution is -2.31. The summed E-state index contributed by atoms with van der Waals surface area (Å²) in [5, 5.41) is 3.35. The molecule has 1 N–H and O–H groups in total. The molecule has 8 heteroatoms. The standard InChI is InChI=1S/C27H23N3O4S/c1-17-6-9-21(10-7-17)30-26(32)22(13-19-8-11-23-24(14-19)34-16-33-23)29-27(30)35-15-25(31)28-20-5-3-4-18(2)12-20/h3-14H,15-16H2,1-2H3,(H,28,31)/b22-13-. The van der Waals surface area contributed by atoms with E-state index < -0.39 is 0 Å². The highest BCUT2D eigenvalue weighted by Crippen LogP contribution is 2.34. The largest absolute Gasteiger partial charge is 0.454 e. The van der Waals surface area contributed by atoms with Gasteiger partial charge < -0.3 is 14.8 Å². The van der Waals surface area contributed by atoms with Gasteiger partial charge in [0.05, 0.1) is 11.4 Å². The van der Waals surface area contributed by atoms with E-state index >= 15 is 0 Å². The van der Waals surface area contributed by atoms with Gasteiger partial charge in [0.15, 0.2) is 16.7 Å². The Labute approximate surface area is 207 Å². The minimum Gasteiger partial charge on any atom is -0.454 e. The van der Waals surface area contributed by atoms with E-state index in [1.807, 2.05) is 74.5 Å². The van der Waals surface area contributed by atoms with Gasteiger partial charge in [0, 0.05) is 5.69 Å². The zero-order valence-electron chi connectivity index (χ0n) is 19.3. The number of anilines is 2. The summed E-state index contributed by atoms with van der Waals surface area (Å²) < 4.78 is 10.8. The van der Waals surface area contributed by atoms with Crippen LogP contribution in [0.25, 0.3) is 6.08 Å². The van der Waals surface area contributed by atoms with Crippen LogP contribution in [-0.2, 0) is 9.59 Å². The third-order valence-electron chi connectivity index (χ3n) is 5.46. The second-order valence-corrected chi connectivity index (χ2v) is 9.16. The predicted octanol–water partition coefficient (Wildman–Crippen LogP) is 5.15. The number of nitrogens with zero attached hydrogens (tertiary/aromatic N) is 2. The molecule has 2 amide bonds. The molecule has 0 atom stereocenters. The monoisotopic (exact) mass is 485 g/mol. The molecule has 2 aliphatic heterocycles. The van der Waals surface area contributed by atoms with Gasteiger partial charge in [-0.2, -0.15) is 0 Å². The van der Waals surface area contributed by atoms with Gasteiger partial charge in [-0.25, -0.2) is 4.99 Å². The van der Waals surface area contributed by atoms with Crippen molar-refractivity contribution in [3.05, 3.63) is 89.1 Å². The Balaban J connectivity index is 1.39. The molecule has 3 aromatic rings. The third-order valence-corrected chi connectivity index (χ3v) is 6.39. The Kier molecular flexibility index (Phi) is 6.29. The van der Waals surface area contributed by atoms with Gasteiger partial charge in [0.1, 0.15) is 5.70 Å². The van der Waals surface area contributed by atoms with Crippen molar-refractivity contribution >= 4 is 46.2 Å². The first kappa shape index (κ1) is 22.7. The number of fused-ring (bicyclic) bond motifs is 1. The van der Waals surface area contributed by atoms with Crippen LogP contribution in [0, 0.1) is 13.8 Å². The van der Waals surface area contributed by atoms with Crippen LogP contribution in [0.3, 0.4) is 0 Å². The average Bonchev–Trinajstić information content (AvgIpc) is 3.42. The fourth-order valence-electron chi connectivity index (χ4n) is 3.73. The van der Waals surface area contributed by atoms with Gasteiger partial charge in [-0.3, -0.25) is 14.5 Å². The van der Waals surface area contributed by atoms with Crippen LogP contribution in [0.4, 0.5) is 11.4 Å². The maximum atomic E-state index is 13.4. The zero-order chi connectivity index (χ0) is 24.4. The lowest BCUT2D eigenvalue weighted by Gasteiger charge is -2.18. The summed E-state index contributed by atoms with van der Waals surface area (Å²) in [6, 6.07) is 20.7. The van der Waals surface area contributed by atoms with Crippen molar-refractivity contribution in [3.63, 3.8) is 0 Å². The fraction of sp³-hybridized carbons (Fsp3) is 0.148. The van der Waals surface area contributed by atoms with Crippen molar-refractivity contribution < 1.29 is 19.1 Å². The zero-order valence-corrected chi connectivity index (χ0v) is 20.1. The number of nitrogens with one attached hydrogen (secondary N) is 1. The number of aliphatic imine (C=N–C) groups is 1. The first-order chi connectivity index (χ1) is 17.0. The van der Waals surface area contributed by atoms with Gasteiger partial charge in [0.2, 0.25) is 12.7 Å². The Morgan fingerprint density at radius 2 is 1.83 bits per heavy atom. The normalized spacial score (nSPS) is 15.5. The molecule has 2 aliphatic rings. The van der Waals surface area contributed by atoms with Crippen molar-refractivity contribution in [2.75, 3.05) is 22.8 Å². The second-order valence-electron chi connectivity index (χ2n) is 8.22. The van der Waals surface area contributed by atoms with E-state index in [-0.39, 0.29) is 30.1 Å². The quantitative estimate of drug-likeness (QED) is 0.506. The molecular weight excluding hydrogens is 462 g/mol. The molecule has 0 saturated heterocycles. The predicted molar refractivity (Wildman–Crippen MR) is 139 cm³/mol. The molecule has 5 rings (SSSR count). The van der Waals surface area contributed by atoms with Crippen LogP contribution in [-0.4, -0.2) is 29.5 Å². The molecule has 0 aliphatic carbocycles. The van der Waals surface area contributed by atoms with Crippen LogP contribution in [0.5, 0.6) is 11.5 Å². The average molecular weight is 486 g/mol. The van der Waals surface area contributed by atoms with Crippen molar-refractivity contribution in [3.8, 4) is 11.5 Å². The van der Waals surface area contributed by atoms with Crippen LogP contribution in [0.2, 0.25) is 0 Å². The molecule has 0 aromatic heterocycles. The van der Waals surface area contributed by atoms with Gasteiger partial charge >= 0.3 is 0 Å². The maximum Gasteiger partial charge on any atom is 0.283 e. The topological polar surface area (TPSA) is 80.2 Å². The van der Waals surface area contributed by atoms with Crippen molar-refractivity contribution in [2.45, 2.75) is 13.8 Å². The number of hydrogen-bond acceptors (Lipinski definition) is 6. The van der Waals surface area contributed by atoms with E-state index in [4.69, 9.17) is 9.47 Å². The molecule has 7 nitrogen and oxygen atoms in total. The van der Waals surface area contributed by atoms with E-state index in [1.54, 1.807) is 17.0 Å². The number of amidine groups is 1. The Bertz CT molecular complexity index is 1370. The molecule has 0 saturated carbocycles. The highest BCUT2D eigenvalue weighted by Gasteiger charge is 2.32. The first-order valence-electron chi connectivity index (χ1n) is 11.1. The SMILES string of the molecule is Cc1ccc(N2C(=O)/C(=C/c3ccc4c(c3)OCO4)N=C2SCC(=O)Nc2cccc(C)c2)cc1. The Hall–Kier alpha value is -4.04. The summed E-state index contributed by atoms with van der Waals surface area (Å²) >= 11 is 1.22. The number of carbonyl (C=O) groups is 2. The summed E-state index contributed by atoms with van der Waals surface area (Å²) in [6.45, 7) is 4.13. The number of thioether (sulfide) groups is 1. The maximum absolute atomic E-state index is 13.4. The highest BCUT2D eigenvalue weighted by molar-refractivity contribution is 8.14. The lowest BCUT2D eigenvalue weighted by atomic mass is 10.1. The molecular formula is C27H23N3O4S. The summed E-state index contributed by atoms with van der Waals surface area (Å²) in [7, 11) is 0. The number of amides is 2. The van der Waals surface area contributed by atoms with Crippen LogP contribution in [0.15, 0.2) is 77.4 Å². The summed E-state index contributed by atoms with van der Waals surface area (Å²) in [5.41, 5.74) is 4.63. The van der Waals surface area contributed by atoms with E-state index in [1.165, 1.54) is 11.8 Å². The number of benzene rings is 3. The molecule has 2 heterocycles. The molecule has 3 aromatic carbocycles. The summed E-state index contributed by atoms with van der Waals surface area (Å²) in [4.78, 5) is 32.1. The Morgan fingerprint density at radius 1 is 1.03 bits per heavy atom. The van der Waals surface area contributed by atoms with Crippen LogP contribution < -0.4 is 19.7 Å². The first-order valence-corrected chi connectivity index (χ1v) is 12.1. The second kappa shape index (κ2) is 9.68. The van der Waals surface area contributed by atoms with Crippen molar-refractivity contribution in [1.82, 2.24) is 0 Å². The molecule has 35 heavy (non-hydrogen) atoms. The van der Waals surface area contributed by atoms with Crippen molar-refractivity contribution in [1.29, 1.82) is 0 Å². The number of ether oxygens (including phenoxy) is 2. The van der Waals surface area contributed by atoms with Gasteiger partial charge in [-0.15, -0.1) is 0 Å². The van der Waals surface area contributed by atoms with Crippen LogP contribution >= 0.6 is 11.8 Å². The number of aryl methyl sites for hydroxylation is 2. The van der Waals surface area contributed by atoms with Gasteiger partial charge in [-0.1, -0.05) is 47.7 Å². The van der Waals surface area contributed by atoms with Gasteiger partial charge in [-0.05, 0) is 67.4 Å². The third kappa shape index (κ3) is 5.07. The fourth-order valence-corrected chi connectivity index (χ4v) is 4.54. The van der Waals surface area contributed by atoms with E-state index in [0.717, 1.165) is 22.4 Å². The molecule has 0 radical (unpaired) electrons. The minimum absolute atomic E-state index is 0.111. The minimum atomic E-state index is -0.256. The molecule has 0 unspecified atom stereocenters. The Morgan fingerprint density at radius 3 is 2.63 bits per heavy atom. The van der Waals surface area contributed by atoms with E-state index in [0.29, 0.717) is 22.4 Å². The molecule has 0 fully saturated rings. The lowest BCUT2D eigenvalue weighted by molar-refractivity contribution is -0.114. The van der Waals surface area contributed by atoms with E-state index in [2.05, 4.69) is 10.3 Å². The van der Waals surface area contributed by atoms with Crippen molar-refractivity contribution in [2.24, 2.45) is 4.99 Å². The summed E-state index contributed by atoms with van der Waals surface area (Å²) in [5.74, 6) is 0.984.